The Balaban J connectivity index is 1.89. The van der Waals surface area contributed by atoms with Crippen molar-refractivity contribution in [2.24, 2.45) is 7.05 Å². The molecule has 126 valence electrons. The van der Waals surface area contributed by atoms with Gasteiger partial charge in [0.15, 0.2) is 0 Å². The second-order valence-corrected chi connectivity index (χ2v) is 7.34. The summed E-state index contributed by atoms with van der Waals surface area (Å²) >= 11 is 5.19. The van der Waals surface area contributed by atoms with Crippen molar-refractivity contribution in [2.75, 3.05) is 19.4 Å². The van der Waals surface area contributed by atoms with Crippen LogP contribution in [-0.2, 0) is 7.05 Å². The van der Waals surface area contributed by atoms with Crippen molar-refractivity contribution in [3.63, 3.8) is 0 Å². The van der Waals surface area contributed by atoms with Crippen molar-refractivity contribution in [3.05, 3.63) is 56.4 Å². The Bertz CT molecular complexity index is 840. The molecule has 3 rings (SSSR count). The maximum Gasteiger partial charge on any atom is 0.275 e. The number of nitrogens with zero attached hydrogens (tertiary/aromatic N) is 3. The average molecular weight is 410 g/mol. The van der Waals surface area contributed by atoms with Crippen LogP contribution < -0.4 is 10.3 Å². The Morgan fingerprint density at radius 1 is 1.38 bits per heavy atom. The predicted molar refractivity (Wildman–Crippen MR) is 96.4 cm³/mol. The molecule has 1 unspecified atom stereocenters. The van der Waals surface area contributed by atoms with Gasteiger partial charge < -0.3 is 9.64 Å². The highest BCUT2D eigenvalue weighted by atomic mass is 79.9. The van der Waals surface area contributed by atoms with E-state index in [0.29, 0.717) is 6.54 Å². The Labute approximate surface area is 151 Å². The number of ether oxygens (including phenoxy) is 1. The predicted octanol–water partition coefficient (Wildman–Crippen LogP) is 2.44. The molecule has 1 aromatic heterocycles. The third-order valence-corrected chi connectivity index (χ3v) is 5.67. The zero-order valence-corrected chi connectivity index (χ0v) is 15.6. The van der Waals surface area contributed by atoms with E-state index in [-0.39, 0.29) is 22.5 Å². The number of hydrogen-bond acceptors (Lipinski definition) is 5. The lowest BCUT2D eigenvalue weighted by Crippen LogP contribution is -2.33. The summed E-state index contributed by atoms with van der Waals surface area (Å²) in [5, 5.41) is 3.98. The quantitative estimate of drug-likeness (QED) is 0.778. The lowest BCUT2D eigenvalue weighted by Gasteiger charge is -2.24. The monoisotopic (exact) mass is 409 g/mol. The van der Waals surface area contributed by atoms with Gasteiger partial charge in [0, 0.05) is 25.4 Å². The summed E-state index contributed by atoms with van der Waals surface area (Å²) in [4.78, 5) is 26.0. The normalized spacial score (nSPS) is 17.1. The van der Waals surface area contributed by atoms with Gasteiger partial charge in [0.05, 0.1) is 11.6 Å². The summed E-state index contributed by atoms with van der Waals surface area (Å²) < 4.78 is 7.28. The number of amides is 1. The van der Waals surface area contributed by atoms with E-state index in [1.165, 1.54) is 23.9 Å². The number of halogens is 1. The second-order valence-electron chi connectivity index (χ2n) is 5.30. The van der Waals surface area contributed by atoms with E-state index in [4.69, 9.17) is 4.74 Å². The maximum absolute atomic E-state index is 12.8. The van der Waals surface area contributed by atoms with Gasteiger partial charge >= 0.3 is 0 Å². The van der Waals surface area contributed by atoms with Crippen molar-refractivity contribution >= 4 is 33.6 Å². The van der Waals surface area contributed by atoms with Crippen LogP contribution >= 0.6 is 27.7 Å². The van der Waals surface area contributed by atoms with Crippen molar-refractivity contribution in [1.82, 2.24) is 14.7 Å². The number of methoxy groups -OCH3 is 1. The molecule has 2 heterocycles. The third kappa shape index (κ3) is 3.21. The number of thioether (sulfide) groups is 1. The molecule has 1 fully saturated rings. The number of benzene rings is 1. The van der Waals surface area contributed by atoms with Gasteiger partial charge in [-0.3, -0.25) is 9.59 Å². The topological polar surface area (TPSA) is 64.4 Å². The summed E-state index contributed by atoms with van der Waals surface area (Å²) in [6.07, 6.45) is 0. The van der Waals surface area contributed by atoms with Crippen LogP contribution in [0.3, 0.4) is 0 Å². The minimum Gasteiger partial charge on any atom is -0.496 e. The molecule has 1 atom stereocenters. The molecular formula is C16H16BrN3O3S. The van der Waals surface area contributed by atoms with E-state index >= 15 is 0 Å². The van der Waals surface area contributed by atoms with Gasteiger partial charge in [-0.05, 0) is 39.7 Å². The van der Waals surface area contributed by atoms with Gasteiger partial charge in [-0.2, -0.15) is 5.10 Å². The molecule has 0 bridgehead atoms. The molecule has 1 aliphatic rings. The highest BCUT2D eigenvalue weighted by molar-refractivity contribution is 9.10. The molecule has 1 aliphatic heterocycles. The van der Waals surface area contributed by atoms with E-state index in [0.717, 1.165) is 21.5 Å². The summed E-state index contributed by atoms with van der Waals surface area (Å²) in [5.74, 6) is 1.43. The van der Waals surface area contributed by atoms with Gasteiger partial charge in [-0.25, -0.2) is 4.68 Å². The molecule has 0 aliphatic carbocycles. The number of carbonyl (C=O) groups excluding carboxylic acids is 1. The molecule has 24 heavy (non-hydrogen) atoms. The molecular weight excluding hydrogens is 394 g/mol. The Hall–Kier alpha value is -1.80. The van der Waals surface area contributed by atoms with Crippen molar-refractivity contribution in [2.45, 2.75) is 5.37 Å². The summed E-state index contributed by atoms with van der Waals surface area (Å²) in [5.41, 5.74) is 1.05. The van der Waals surface area contributed by atoms with Crippen LogP contribution in [0.4, 0.5) is 0 Å². The summed E-state index contributed by atoms with van der Waals surface area (Å²) in [6, 6.07) is 8.65. The van der Waals surface area contributed by atoms with Crippen molar-refractivity contribution < 1.29 is 9.53 Å². The van der Waals surface area contributed by atoms with E-state index in [1.807, 2.05) is 18.2 Å². The van der Waals surface area contributed by atoms with E-state index in [9.17, 15) is 9.59 Å². The van der Waals surface area contributed by atoms with Gasteiger partial charge in [0.1, 0.15) is 16.8 Å². The molecule has 0 spiro atoms. The standard InChI is InChI=1S/C16H16BrN3O3S/c1-19-14(21)6-4-12(18-19)15(22)20-7-8-24-16(20)10-3-5-13(23-2)11(17)9-10/h3-6,9,16H,7-8H2,1-2H3. The number of carbonyl (C=O) groups is 1. The Kier molecular flexibility index (Phi) is 4.96. The molecule has 6 nitrogen and oxygen atoms in total. The fourth-order valence-corrected chi connectivity index (χ4v) is 4.36. The number of aryl methyl sites for hydroxylation is 1. The highest BCUT2D eigenvalue weighted by Crippen LogP contribution is 2.40. The molecule has 8 heteroatoms. The second kappa shape index (κ2) is 6.98. The smallest absolute Gasteiger partial charge is 0.275 e. The van der Waals surface area contributed by atoms with Crippen LogP contribution in [0.2, 0.25) is 0 Å². The molecule has 0 radical (unpaired) electrons. The molecule has 0 N–H and O–H groups in total. The number of hydrogen-bond donors (Lipinski definition) is 0. The first kappa shape index (κ1) is 17.0. The largest absolute Gasteiger partial charge is 0.496 e. The summed E-state index contributed by atoms with van der Waals surface area (Å²) in [6.45, 7) is 0.641. The molecule has 1 aromatic carbocycles. The zero-order valence-electron chi connectivity index (χ0n) is 13.2. The highest BCUT2D eigenvalue weighted by Gasteiger charge is 2.32. The molecule has 2 aromatic rings. The van der Waals surface area contributed by atoms with Gasteiger partial charge in [0.2, 0.25) is 0 Å². The SMILES string of the molecule is COc1ccc(C2SCCN2C(=O)c2ccc(=O)n(C)n2)cc1Br. The fourth-order valence-electron chi connectivity index (χ4n) is 2.55. The van der Waals surface area contributed by atoms with Crippen LogP contribution in [0.1, 0.15) is 21.4 Å². The minimum absolute atomic E-state index is 0.0845. The molecule has 0 saturated carbocycles. The minimum atomic E-state index is -0.238. The molecule has 1 saturated heterocycles. The van der Waals surface area contributed by atoms with Crippen LogP contribution in [0.5, 0.6) is 5.75 Å². The van der Waals surface area contributed by atoms with Crippen molar-refractivity contribution in [3.8, 4) is 5.75 Å². The average Bonchev–Trinajstić information content (AvgIpc) is 3.06. The lowest BCUT2D eigenvalue weighted by molar-refractivity contribution is 0.0751. The number of aromatic nitrogens is 2. The van der Waals surface area contributed by atoms with E-state index < -0.39 is 0 Å². The first-order chi connectivity index (χ1) is 11.5. The van der Waals surface area contributed by atoms with Crippen LogP contribution in [0.25, 0.3) is 0 Å². The number of rotatable bonds is 3. The van der Waals surface area contributed by atoms with Gasteiger partial charge in [0.25, 0.3) is 11.5 Å². The van der Waals surface area contributed by atoms with Crippen molar-refractivity contribution in [1.29, 1.82) is 0 Å². The lowest BCUT2D eigenvalue weighted by atomic mass is 10.2. The Morgan fingerprint density at radius 2 is 2.17 bits per heavy atom. The van der Waals surface area contributed by atoms with E-state index in [1.54, 1.807) is 23.8 Å². The van der Waals surface area contributed by atoms with E-state index in [2.05, 4.69) is 21.0 Å². The van der Waals surface area contributed by atoms with Gasteiger partial charge in [-0.1, -0.05) is 6.07 Å². The summed E-state index contributed by atoms with van der Waals surface area (Å²) in [7, 11) is 3.15. The Morgan fingerprint density at radius 3 is 2.83 bits per heavy atom. The maximum atomic E-state index is 12.8. The molecule has 1 amide bonds. The first-order valence-corrected chi connectivity index (χ1v) is 9.16. The third-order valence-electron chi connectivity index (χ3n) is 3.79. The zero-order chi connectivity index (χ0) is 17.3. The first-order valence-electron chi connectivity index (χ1n) is 7.31. The van der Waals surface area contributed by atoms with Crippen LogP contribution in [-0.4, -0.2) is 40.0 Å². The van der Waals surface area contributed by atoms with Gasteiger partial charge in [-0.15, -0.1) is 11.8 Å². The fraction of sp³-hybridized carbons (Fsp3) is 0.312. The van der Waals surface area contributed by atoms with Crippen LogP contribution in [0, 0.1) is 0 Å². The van der Waals surface area contributed by atoms with Crippen LogP contribution in [0.15, 0.2) is 39.6 Å².